The molecule has 0 fully saturated rings. The molecule has 0 aliphatic carbocycles. The molecule has 0 aliphatic heterocycles. The summed E-state index contributed by atoms with van der Waals surface area (Å²) in [6.07, 6.45) is 3.96. The van der Waals surface area contributed by atoms with Gasteiger partial charge in [0.15, 0.2) is 0 Å². The van der Waals surface area contributed by atoms with Crippen LogP contribution in [0.2, 0.25) is 0 Å². The lowest BCUT2D eigenvalue weighted by molar-refractivity contribution is 0.102. The molecule has 26 heavy (non-hydrogen) atoms. The summed E-state index contributed by atoms with van der Waals surface area (Å²) >= 11 is 2.17. The predicted octanol–water partition coefficient (Wildman–Crippen LogP) is 5.17. The van der Waals surface area contributed by atoms with Gasteiger partial charge in [-0.1, -0.05) is 36.4 Å². The minimum atomic E-state index is -0.123. The van der Waals surface area contributed by atoms with Gasteiger partial charge in [0.1, 0.15) is 5.65 Å². The van der Waals surface area contributed by atoms with Gasteiger partial charge in [0.2, 0.25) is 0 Å². The minimum Gasteiger partial charge on any atom is -0.321 e. The number of nitrogens with one attached hydrogen (secondary N) is 1. The van der Waals surface area contributed by atoms with Gasteiger partial charge in [-0.05, 0) is 59.3 Å². The Morgan fingerprint density at radius 2 is 1.81 bits per heavy atom. The van der Waals surface area contributed by atoms with Crippen LogP contribution in [-0.4, -0.2) is 15.3 Å². The van der Waals surface area contributed by atoms with E-state index in [9.17, 15) is 4.79 Å². The van der Waals surface area contributed by atoms with Crippen LogP contribution in [0, 0.1) is 10.5 Å². The second-order valence-electron chi connectivity index (χ2n) is 6.03. The maximum Gasteiger partial charge on any atom is 0.256 e. The van der Waals surface area contributed by atoms with E-state index in [1.165, 1.54) is 0 Å². The van der Waals surface area contributed by atoms with Crippen molar-refractivity contribution in [2.24, 2.45) is 0 Å². The quantitative estimate of drug-likeness (QED) is 0.436. The van der Waals surface area contributed by atoms with Gasteiger partial charge >= 0.3 is 0 Å². The maximum absolute atomic E-state index is 12.7. The number of aromatic nitrogens is 2. The largest absolute Gasteiger partial charge is 0.321 e. The third-order valence-electron chi connectivity index (χ3n) is 4.25. The third kappa shape index (κ3) is 3.10. The molecule has 1 amide bonds. The molecule has 0 atom stereocenters. The van der Waals surface area contributed by atoms with Gasteiger partial charge in [-0.25, -0.2) is 4.98 Å². The summed E-state index contributed by atoms with van der Waals surface area (Å²) in [5, 5.41) is 3.03. The number of carbonyl (C=O) groups is 1. The summed E-state index contributed by atoms with van der Waals surface area (Å²) in [4.78, 5) is 17.5. The normalized spacial score (nSPS) is 10.8. The number of hydrogen-bond acceptors (Lipinski definition) is 2. The molecule has 0 aliphatic rings. The Kier molecular flexibility index (Phi) is 4.46. The first kappa shape index (κ1) is 16.8. The molecular formula is C21H16IN3O. The van der Waals surface area contributed by atoms with E-state index in [0.29, 0.717) is 5.56 Å². The lowest BCUT2D eigenvalue weighted by Gasteiger charge is -2.10. The van der Waals surface area contributed by atoms with Crippen molar-refractivity contribution in [1.82, 2.24) is 9.38 Å². The van der Waals surface area contributed by atoms with E-state index in [4.69, 9.17) is 4.98 Å². The molecule has 2 aromatic carbocycles. The average Bonchev–Trinajstić information content (AvgIpc) is 3.08. The van der Waals surface area contributed by atoms with Crippen molar-refractivity contribution in [2.75, 3.05) is 5.32 Å². The van der Waals surface area contributed by atoms with E-state index >= 15 is 0 Å². The number of anilines is 1. The third-order valence-corrected chi connectivity index (χ3v) is 5.19. The summed E-state index contributed by atoms with van der Waals surface area (Å²) in [6, 6.07) is 19.3. The Morgan fingerprint density at radius 1 is 1.04 bits per heavy atom. The first-order chi connectivity index (χ1) is 12.6. The number of hydrogen-bond donors (Lipinski definition) is 1. The highest BCUT2D eigenvalue weighted by Crippen LogP contribution is 2.28. The summed E-state index contributed by atoms with van der Waals surface area (Å²) in [5.74, 6) is -0.123. The minimum absolute atomic E-state index is 0.123. The number of carbonyl (C=O) groups excluding carboxylic acids is 1. The molecule has 2 aromatic heterocycles. The van der Waals surface area contributed by atoms with E-state index in [1.807, 2.05) is 84.4 Å². The van der Waals surface area contributed by atoms with E-state index in [0.717, 1.165) is 31.7 Å². The summed E-state index contributed by atoms with van der Waals surface area (Å²) in [7, 11) is 0. The molecule has 0 saturated heterocycles. The number of halogens is 1. The Morgan fingerprint density at radius 3 is 2.62 bits per heavy atom. The molecule has 0 spiro atoms. The van der Waals surface area contributed by atoms with Gasteiger partial charge < -0.3 is 9.72 Å². The first-order valence-corrected chi connectivity index (χ1v) is 9.31. The van der Waals surface area contributed by atoms with Crippen molar-refractivity contribution < 1.29 is 4.79 Å². The van der Waals surface area contributed by atoms with Gasteiger partial charge in [-0.2, -0.15) is 0 Å². The number of nitrogens with zero attached hydrogens (tertiary/aromatic N) is 2. The number of amides is 1. The highest BCUT2D eigenvalue weighted by Gasteiger charge is 2.14. The van der Waals surface area contributed by atoms with Crippen molar-refractivity contribution in [2.45, 2.75) is 6.92 Å². The van der Waals surface area contributed by atoms with Crippen LogP contribution >= 0.6 is 22.6 Å². The summed E-state index contributed by atoms with van der Waals surface area (Å²) in [6.45, 7) is 2.04. The zero-order valence-electron chi connectivity index (χ0n) is 14.1. The Labute approximate surface area is 165 Å². The fraction of sp³-hybridized carbons (Fsp3) is 0.0476. The molecule has 5 heteroatoms. The van der Waals surface area contributed by atoms with E-state index in [1.54, 1.807) is 0 Å². The van der Waals surface area contributed by atoms with Crippen LogP contribution in [-0.2, 0) is 0 Å². The number of pyridine rings is 1. The number of aryl methyl sites for hydroxylation is 1. The molecule has 4 nitrogen and oxygen atoms in total. The first-order valence-electron chi connectivity index (χ1n) is 8.23. The van der Waals surface area contributed by atoms with Crippen molar-refractivity contribution in [3.63, 3.8) is 0 Å². The molecule has 128 valence electrons. The molecule has 4 aromatic rings. The fourth-order valence-electron chi connectivity index (χ4n) is 2.93. The standard InChI is InChI=1S/C21H16IN3O/c1-14-7-6-12-25-13-19(23-20(14)25)16-9-3-5-11-18(16)24-21(26)15-8-2-4-10-17(15)22/h2-13H,1H3,(H,24,26). The van der Waals surface area contributed by atoms with Crippen LogP contribution < -0.4 is 5.32 Å². The van der Waals surface area contributed by atoms with Crippen molar-refractivity contribution >= 4 is 39.8 Å². The van der Waals surface area contributed by atoms with Gasteiger partial charge in [-0.3, -0.25) is 4.79 Å². The van der Waals surface area contributed by atoms with Crippen LogP contribution in [0.1, 0.15) is 15.9 Å². The van der Waals surface area contributed by atoms with Crippen LogP contribution in [0.4, 0.5) is 5.69 Å². The van der Waals surface area contributed by atoms with Crippen molar-refractivity contribution in [3.05, 3.63) is 87.8 Å². The zero-order valence-corrected chi connectivity index (χ0v) is 16.3. The van der Waals surface area contributed by atoms with Gasteiger partial charge in [0.05, 0.1) is 16.9 Å². The van der Waals surface area contributed by atoms with Crippen LogP contribution in [0.5, 0.6) is 0 Å². The summed E-state index contributed by atoms with van der Waals surface area (Å²) < 4.78 is 2.92. The molecule has 4 rings (SSSR count). The Balaban J connectivity index is 1.74. The number of fused-ring (bicyclic) bond motifs is 1. The number of rotatable bonds is 3. The molecule has 1 N–H and O–H groups in total. The number of benzene rings is 2. The van der Waals surface area contributed by atoms with Gasteiger partial charge in [0, 0.05) is 21.5 Å². The van der Waals surface area contributed by atoms with E-state index in [-0.39, 0.29) is 5.91 Å². The molecule has 0 radical (unpaired) electrons. The van der Waals surface area contributed by atoms with Crippen molar-refractivity contribution in [1.29, 1.82) is 0 Å². The second-order valence-corrected chi connectivity index (χ2v) is 7.19. The summed E-state index contributed by atoms with van der Waals surface area (Å²) in [5.41, 5.74) is 5.17. The average molecular weight is 453 g/mol. The predicted molar refractivity (Wildman–Crippen MR) is 112 cm³/mol. The smallest absolute Gasteiger partial charge is 0.256 e. The number of para-hydroxylation sites is 1. The van der Waals surface area contributed by atoms with Crippen LogP contribution in [0.25, 0.3) is 16.9 Å². The topological polar surface area (TPSA) is 46.4 Å². The van der Waals surface area contributed by atoms with Gasteiger partial charge in [0.25, 0.3) is 5.91 Å². The molecule has 0 saturated carbocycles. The Hall–Kier alpha value is -2.67. The second kappa shape index (κ2) is 6.92. The zero-order chi connectivity index (χ0) is 18.1. The fourth-order valence-corrected chi connectivity index (χ4v) is 3.57. The maximum atomic E-state index is 12.7. The highest BCUT2D eigenvalue weighted by atomic mass is 127. The van der Waals surface area contributed by atoms with Gasteiger partial charge in [-0.15, -0.1) is 0 Å². The molecule has 2 heterocycles. The highest BCUT2D eigenvalue weighted by molar-refractivity contribution is 14.1. The molecular weight excluding hydrogens is 437 g/mol. The Bertz CT molecular complexity index is 1120. The lowest BCUT2D eigenvalue weighted by Crippen LogP contribution is -2.14. The van der Waals surface area contributed by atoms with Crippen molar-refractivity contribution in [3.8, 4) is 11.3 Å². The molecule has 0 unspecified atom stereocenters. The van der Waals surface area contributed by atoms with Crippen LogP contribution in [0.15, 0.2) is 73.1 Å². The monoisotopic (exact) mass is 453 g/mol. The van der Waals surface area contributed by atoms with E-state index in [2.05, 4.69) is 27.9 Å². The van der Waals surface area contributed by atoms with E-state index < -0.39 is 0 Å². The lowest BCUT2D eigenvalue weighted by atomic mass is 10.1. The number of imidazole rings is 1. The molecule has 0 bridgehead atoms. The van der Waals surface area contributed by atoms with Crippen LogP contribution in [0.3, 0.4) is 0 Å². The SMILES string of the molecule is Cc1cccn2cc(-c3ccccc3NC(=O)c3ccccc3I)nc12.